The quantitative estimate of drug-likeness (QED) is 0.370. The highest BCUT2D eigenvalue weighted by molar-refractivity contribution is 4.49. The Morgan fingerprint density at radius 2 is 2.25 bits per heavy atom. The van der Waals surface area contributed by atoms with Crippen LogP contribution in [-0.4, -0.2) is 19.1 Å². The highest BCUT2D eigenvalue weighted by atomic mass is 14.9. The van der Waals surface area contributed by atoms with Crippen LogP contribution in [0.3, 0.4) is 0 Å². The fraction of sp³-hybridized carbons (Fsp3) is 0.833. The van der Waals surface area contributed by atoms with Crippen molar-refractivity contribution in [1.82, 2.24) is 5.32 Å². The molecule has 0 rings (SSSR count). The van der Waals surface area contributed by atoms with Crippen molar-refractivity contribution >= 4 is 0 Å². The summed E-state index contributed by atoms with van der Waals surface area (Å²) in [7, 11) is 3.62. The number of nitrogens with one attached hydrogen (secondary N) is 1. The molecule has 0 radical (unpaired) electrons. The highest BCUT2D eigenvalue weighted by Crippen LogP contribution is 1.70. The second kappa shape index (κ2) is 5.06. The molecule has 0 saturated carbocycles. The molecule has 8 heavy (non-hydrogen) atoms. The monoisotopic (exact) mass is 116 g/mol. The Kier molecular flexibility index (Phi) is 5.01. The molecule has 0 heterocycles. The second-order valence-electron chi connectivity index (χ2n) is 2.19. The van der Waals surface area contributed by atoms with Crippen LogP contribution in [0.5, 0.6) is 0 Å². The van der Waals surface area contributed by atoms with Crippen LogP contribution in [0.1, 0.15) is 13.8 Å². The summed E-state index contributed by atoms with van der Waals surface area (Å²) < 4.78 is 0. The third kappa shape index (κ3) is 5.92. The maximum atomic E-state index is 3.62. The summed E-state index contributed by atoms with van der Waals surface area (Å²) >= 11 is 0. The van der Waals surface area contributed by atoms with E-state index in [4.69, 9.17) is 0 Å². The van der Waals surface area contributed by atoms with Gasteiger partial charge in [0.05, 0.1) is 6.54 Å². The lowest BCUT2D eigenvalue weighted by Gasteiger charge is -2.06. The summed E-state index contributed by atoms with van der Waals surface area (Å²) in [5.74, 6) is 0. The van der Waals surface area contributed by atoms with Crippen LogP contribution in [0.15, 0.2) is 0 Å². The minimum absolute atomic E-state index is 0.606. The fourth-order valence-corrected chi connectivity index (χ4v) is 0.474. The molecule has 0 bridgehead atoms. The first-order chi connectivity index (χ1) is 3.77. The lowest BCUT2D eigenvalue weighted by molar-refractivity contribution is -0.593. The van der Waals surface area contributed by atoms with Gasteiger partial charge >= 0.3 is 0 Å². The minimum atomic E-state index is 0.606. The van der Waals surface area contributed by atoms with E-state index < -0.39 is 0 Å². The Morgan fingerprint density at radius 1 is 1.62 bits per heavy atom. The largest absolute Gasteiger partial charge is 0.478 e. The van der Waals surface area contributed by atoms with Gasteiger partial charge in [-0.1, -0.05) is 13.8 Å². The van der Waals surface area contributed by atoms with Gasteiger partial charge in [-0.3, -0.25) is 0 Å². The van der Waals surface area contributed by atoms with Gasteiger partial charge in [0, 0.05) is 12.6 Å². The van der Waals surface area contributed by atoms with Gasteiger partial charge in [-0.05, 0) is 0 Å². The molecule has 0 saturated heterocycles. The molecule has 0 spiro atoms. The summed E-state index contributed by atoms with van der Waals surface area (Å²) in [4.78, 5) is 0. The van der Waals surface area contributed by atoms with Crippen LogP contribution >= 0.6 is 0 Å². The molecule has 2 nitrogen and oxygen atoms in total. The molecule has 0 amide bonds. The minimum Gasteiger partial charge on any atom is -0.478 e. The van der Waals surface area contributed by atoms with Crippen molar-refractivity contribution < 1.29 is 5.32 Å². The zero-order valence-electron chi connectivity index (χ0n) is 5.78. The van der Waals surface area contributed by atoms with Gasteiger partial charge in [-0.15, -0.1) is 0 Å². The molecule has 3 N–H and O–H groups in total. The Hall–Kier alpha value is -0.0800. The van der Waals surface area contributed by atoms with E-state index in [1.807, 2.05) is 5.32 Å². The molecule has 2 heteroatoms. The zero-order chi connectivity index (χ0) is 6.41. The van der Waals surface area contributed by atoms with Gasteiger partial charge in [-0.25, -0.2) is 0 Å². The van der Waals surface area contributed by atoms with Crippen LogP contribution < -0.4 is 10.6 Å². The van der Waals surface area contributed by atoms with Gasteiger partial charge in [0.2, 0.25) is 0 Å². The Morgan fingerprint density at radius 3 is 2.62 bits per heavy atom. The summed E-state index contributed by atoms with van der Waals surface area (Å²) in [5, 5.41) is 5.20. The van der Waals surface area contributed by atoms with Gasteiger partial charge < -0.3 is 10.6 Å². The Bertz CT molecular complexity index is 43.8. The molecular weight excluding hydrogens is 100 g/mol. The van der Waals surface area contributed by atoms with E-state index in [1.165, 1.54) is 0 Å². The number of hydrogen-bond acceptors (Lipinski definition) is 1. The van der Waals surface area contributed by atoms with Gasteiger partial charge in [0.1, 0.15) is 0 Å². The molecule has 50 valence electrons. The molecule has 0 aliphatic carbocycles. The highest BCUT2D eigenvalue weighted by Gasteiger charge is 1.87. The van der Waals surface area contributed by atoms with Crippen LogP contribution in [0.2, 0.25) is 0 Å². The van der Waals surface area contributed by atoms with Crippen molar-refractivity contribution in [2.45, 2.75) is 19.9 Å². The van der Waals surface area contributed by atoms with Crippen molar-refractivity contribution in [1.29, 1.82) is 0 Å². The molecule has 0 aromatic carbocycles. The number of rotatable bonds is 4. The Labute approximate surface area is 51.7 Å². The molecule has 0 aliphatic heterocycles. The average Bonchev–Trinajstić information content (AvgIpc) is 1.66. The van der Waals surface area contributed by atoms with Crippen molar-refractivity contribution in [3.63, 3.8) is 0 Å². The fourth-order valence-electron chi connectivity index (χ4n) is 0.474. The van der Waals surface area contributed by atoms with E-state index in [0.717, 1.165) is 13.1 Å². The standard InChI is InChI=1S/C6H16N2/c1-6(2)8-5-4-7-3/h6,8H,3-5,7H2,1-2H3. The molecule has 0 aromatic heterocycles. The van der Waals surface area contributed by atoms with E-state index in [-0.39, 0.29) is 0 Å². The molecule has 0 atom stereocenters. The molecular formula is C6H16N2. The van der Waals surface area contributed by atoms with Crippen LogP contribution in [0.4, 0.5) is 0 Å². The van der Waals surface area contributed by atoms with E-state index in [9.17, 15) is 0 Å². The van der Waals surface area contributed by atoms with Crippen molar-refractivity contribution in [2.75, 3.05) is 13.1 Å². The van der Waals surface area contributed by atoms with E-state index >= 15 is 0 Å². The summed E-state index contributed by atoms with van der Waals surface area (Å²) in [6, 6.07) is 0.606. The third-order valence-electron chi connectivity index (χ3n) is 0.901. The Balaban J connectivity index is 2.72. The topological polar surface area (TPSA) is 28.6 Å². The maximum absolute atomic E-state index is 3.62. The lowest BCUT2D eigenvalue weighted by atomic mass is 10.4. The van der Waals surface area contributed by atoms with E-state index in [2.05, 4.69) is 26.2 Å². The smallest absolute Gasteiger partial charge is 0.0642 e. The van der Waals surface area contributed by atoms with Crippen molar-refractivity contribution in [2.24, 2.45) is 0 Å². The summed E-state index contributed by atoms with van der Waals surface area (Å²) in [6.07, 6.45) is 0. The first-order valence-corrected chi connectivity index (χ1v) is 3.11. The number of quaternary nitrogens is 1. The lowest BCUT2D eigenvalue weighted by Crippen LogP contribution is -2.78. The second-order valence-corrected chi connectivity index (χ2v) is 2.19. The molecule has 0 aliphatic rings. The van der Waals surface area contributed by atoms with E-state index in [1.54, 1.807) is 0 Å². The molecule has 0 unspecified atom stereocenters. The van der Waals surface area contributed by atoms with Crippen LogP contribution in [0, 0.1) is 7.05 Å². The van der Waals surface area contributed by atoms with Crippen molar-refractivity contribution in [3.8, 4) is 0 Å². The maximum Gasteiger partial charge on any atom is 0.0642 e. The summed E-state index contributed by atoms with van der Waals surface area (Å²) in [5.41, 5.74) is 0. The first-order valence-electron chi connectivity index (χ1n) is 3.11. The number of hydrogen-bond donors (Lipinski definition) is 2. The van der Waals surface area contributed by atoms with Crippen LogP contribution in [-0.2, 0) is 0 Å². The summed E-state index contributed by atoms with van der Waals surface area (Å²) in [6.45, 7) is 6.41. The number of nitrogens with two attached hydrogens (primary N) is 1. The van der Waals surface area contributed by atoms with Gasteiger partial charge in [0.25, 0.3) is 0 Å². The first kappa shape index (κ1) is 7.92. The zero-order valence-corrected chi connectivity index (χ0v) is 5.78. The van der Waals surface area contributed by atoms with E-state index in [0.29, 0.717) is 6.04 Å². The van der Waals surface area contributed by atoms with Gasteiger partial charge in [-0.2, -0.15) is 7.05 Å². The predicted octanol–water partition coefficient (Wildman–Crippen LogP) is -0.661. The average molecular weight is 116 g/mol. The molecule has 0 aromatic rings. The molecule has 0 fully saturated rings. The SMILES string of the molecule is [CH2-][NH2+]CCNC(C)C. The van der Waals surface area contributed by atoms with Crippen LogP contribution in [0.25, 0.3) is 0 Å². The third-order valence-corrected chi connectivity index (χ3v) is 0.901. The van der Waals surface area contributed by atoms with Crippen molar-refractivity contribution in [3.05, 3.63) is 7.05 Å². The predicted molar refractivity (Wildman–Crippen MR) is 35.3 cm³/mol. The normalized spacial score (nSPS) is 10.5. The van der Waals surface area contributed by atoms with Gasteiger partial charge in [0.15, 0.2) is 0 Å².